The highest BCUT2D eigenvalue weighted by Gasteiger charge is 2.25. The smallest absolute Gasteiger partial charge is 0.242 e. The predicted octanol–water partition coefficient (Wildman–Crippen LogP) is 3.29. The highest BCUT2D eigenvalue weighted by atomic mass is 32.2. The molecule has 0 N–H and O–H groups in total. The highest BCUT2D eigenvalue weighted by Crippen LogP contribution is 2.25. The first-order chi connectivity index (χ1) is 10.1. The molecule has 1 aliphatic heterocycles. The van der Waals surface area contributed by atoms with E-state index in [1.54, 1.807) is 27.8 Å². The van der Waals surface area contributed by atoms with Crippen LogP contribution in [-0.2, 0) is 10.0 Å². The third-order valence-corrected chi connectivity index (χ3v) is 6.41. The lowest BCUT2D eigenvalue weighted by atomic mass is 10.2. The third-order valence-electron chi connectivity index (χ3n) is 3.72. The van der Waals surface area contributed by atoms with Gasteiger partial charge in [-0.15, -0.1) is 11.3 Å². The molecule has 0 atom stereocenters. The second-order valence-electron chi connectivity index (χ2n) is 5.24. The van der Waals surface area contributed by atoms with E-state index in [-0.39, 0.29) is 0 Å². The maximum atomic E-state index is 12.6. The second-order valence-corrected chi connectivity index (χ2v) is 8.24. The van der Waals surface area contributed by atoms with E-state index in [0.717, 1.165) is 35.5 Å². The monoisotopic (exact) mass is 322 g/mol. The lowest BCUT2D eigenvalue weighted by molar-refractivity contribution is 0.346. The maximum Gasteiger partial charge on any atom is 0.243 e. The largest absolute Gasteiger partial charge is 0.243 e. The Morgan fingerprint density at radius 1 is 1.10 bits per heavy atom. The fourth-order valence-corrected chi connectivity index (χ4v) is 4.69. The quantitative estimate of drug-likeness (QED) is 0.871. The number of thiazole rings is 1. The first-order valence-electron chi connectivity index (χ1n) is 7.10. The summed E-state index contributed by atoms with van der Waals surface area (Å²) in [7, 11) is -3.34. The van der Waals surface area contributed by atoms with E-state index < -0.39 is 10.0 Å². The molecule has 1 aromatic heterocycles. The van der Waals surface area contributed by atoms with Crippen LogP contribution in [-0.4, -0.2) is 30.8 Å². The summed E-state index contributed by atoms with van der Waals surface area (Å²) in [6, 6.07) is 7.05. The zero-order valence-corrected chi connectivity index (χ0v) is 13.6. The second kappa shape index (κ2) is 5.87. The van der Waals surface area contributed by atoms with E-state index in [1.165, 1.54) is 0 Å². The Hall–Kier alpha value is -1.24. The standard InChI is InChI=1S/C15H18N2O2S2/c1-12-16-15(11-20-12)13-5-7-14(8-6-13)21(18,19)17-9-3-2-4-10-17/h5-8,11H,2-4,9-10H2,1H3. The van der Waals surface area contributed by atoms with Gasteiger partial charge in [0.25, 0.3) is 0 Å². The average molecular weight is 322 g/mol. The molecular weight excluding hydrogens is 304 g/mol. The molecule has 3 rings (SSSR count). The highest BCUT2D eigenvalue weighted by molar-refractivity contribution is 7.89. The number of rotatable bonds is 3. The van der Waals surface area contributed by atoms with E-state index in [2.05, 4.69) is 4.98 Å². The molecule has 4 nitrogen and oxygen atoms in total. The van der Waals surface area contributed by atoms with Crippen molar-refractivity contribution in [3.63, 3.8) is 0 Å². The van der Waals surface area contributed by atoms with Gasteiger partial charge in [-0.05, 0) is 31.9 Å². The molecule has 21 heavy (non-hydrogen) atoms. The number of hydrogen-bond acceptors (Lipinski definition) is 4. The zero-order chi connectivity index (χ0) is 14.9. The van der Waals surface area contributed by atoms with Crippen LogP contribution in [0.3, 0.4) is 0 Å². The summed E-state index contributed by atoms with van der Waals surface area (Å²) in [5.41, 5.74) is 1.86. The Bertz CT molecular complexity index is 714. The Labute approximate surface area is 129 Å². The van der Waals surface area contributed by atoms with Crippen LogP contribution in [0.2, 0.25) is 0 Å². The molecule has 0 spiro atoms. The van der Waals surface area contributed by atoms with Crippen molar-refractivity contribution in [1.29, 1.82) is 0 Å². The van der Waals surface area contributed by atoms with Crippen LogP contribution in [0, 0.1) is 6.92 Å². The van der Waals surface area contributed by atoms with Gasteiger partial charge in [-0.25, -0.2) is 13.4 Å². The van der Waals surface area contributed by atoms with Gasteiger partial charge in [-0.3, -0.25) is 0 Å². The minimum absolute atomic E-state index is 0.375. The number of benzene rings is 1. The van der Waals surface area contributed by atoms with Crippen molar-refractivity contribution in [3.8, 4) is 11.3 Å². The van der Waals surface area contributed by atoms with Gasteiger partial charge in [0.2, 0.25) is 10.0 Å². The summed E-state index contributed by atoms with van der Waals surface area (Å²) in [4.78, 5) is 4.80. The molecule has 1 saturated heterocycles. The molecule has 6 heteroatoms. The van der Waals surface area contributed by atoms with Crippen molar-refractivity contribution in [2.45, 2.75) is 31.1 Å². The van der Waals surface area contributed by atoms with Gasteiger partial charge < -0.3 is 0 Å². The number of hydrogen-bond donors (Lipinski definition) is 0. The van der Waals surface area contributed by atoms with Gasteiger partial charge >= 0.3 is 0 Å². The molecule has 0 bridgehead atoms. The summed E-state index contributed by atoms with van der Waals surface area (Å²) in [5.74, 6) is 0. The topological polar surface area (TPSA) is 50.3 Å². The maximum absolute atomic E-state index is 12.6. The lowest BCUT2D eigenvalue weighted by Gasteiger charge is -2.25. The predicted molar refractivity (Wildman–Crippen MR) is 84.9 cm³/mol. The van der Waals surface area contributed by atoms with Crippen molar-refractivity contribution < 1.29 is 8.42 Å². The number of nitrogens with zero attached hydrogens (tertiary/aromatic N) is 2. The number of aromatic nitrogens is 1. The van der Waals surface area contributed by atoms with Crippen LogP contribution in [0.15, 0.2) is 34.5 Å². The average Bonchev–Trinajstić information content (AvgIpc) is 2.95. The molecule has 1 fully saturated rings. The van der Waals surface area contributed by atoms with Gasteiger partial charge in [0, 0.05) is 24.0 Å². The third kappa shape index (κ3) is 3.02. The van der Waals surface area contributed by atoms with E-state index in [1.807, 2.05) is 24.4 Å². The van der Waals surface area contributed by atoms with Gasteiger partial charge in [0.1, 0.15) is 0 Å². The van der Waals surface area contributed by atoms with E-state index in [4.69, 9.17) is 0 Å². The summed E-state index contributed by atoms with van der Waals surface area (Å²) >= 11 is 1.59. The van der Waals surface area contributed by atoms with Gasteiger partial charge in [-0.1, -0.05) is 18.6 Å². The summed E-state index contributed by atoms with van der Waals surface area (Å²) in [5, 5.41) is 3.00. The SMILES string of the molecule is Cc1nc(-c2ccc(S(=O)(=O)N3CCCCC3)cc2)cs1. The van der Waals surface area contributed by atoms with E-state index in [0.29, 0.717) is 18.0 Å². The minimum Gasteiger partial charge on any atom is -0.242 e. The van der Waals surface area contributed by atoms with Crippen molar-refractivity contribution in [2.75, 3.05) is 13.1 Å². The molecule has 0 aliphatic carbocycles. The number of aryl methyl sites for hydroxylation is 1. The van der Waals surface area contributed by atoms with Crippen molar-refractivity contribution in [2.24, 2.45) is 0 Å². The Kier molecular flexibility index (Phi) is 4.10. The summed E-state index contributed by atoms with van der Waals surface area (Å²) < 4.78 is 26.7. The Morgan fingerprint density at radius 2 is 1.76 bits per heavy atom. The molecule has 112 valence electrons. The molecule has 0 saturated carbocycles. The first-order valence-corrected chi connectivity index (χ1v) is 9.42. The van der Waals surface area contributed by atoms with Gasteiger partial charge in [0.15, 0.2) is 0 Å². The molecular formula is C15H18N2O2S2. The minimum atomic E-state index is -3.34. The number of piperidine rings is 1. The van der Waals surface area contributed by atoms with Crippen LogP contribution in [0.4, 0.5) is 0 Å². The van der Waals surface area contributed by atoms with Crippen LogP contribution in [0.5, 0.6) is 0 Å². The Balaban J connectivity index is 1.86. The summed E-state index contributed by atoms with van der Waals surface area (Å²) in [6.45, 7) is 3.23. The molecule has 0 amide bonds. The van der Waals surface area contributed by atoms with Crippen LogP contribution in [0.25, 0.3) is 11.3 Å². The molecule has 2 aromatic rings. The zero-order valence-electron chi connectivity index (χ0n) is 11.9. The van der Waals surface area contributed by atoms with E-state index in [9.17, 15) is 8.42 Å². The van der Waals surface area contributed by atoms with Crippen LogP contribution in [0.1, 0.15) is 24.3 Å². The molecule has 2 heterocycles. The van der Waals surface area contributed by atoms with Gasteiger partial charge in [0.05, 0.1) is 15.6 Å². The van der Waals surface area contributed by atoms with Crippen molar-refractivity contribution >= 4 is 21.4 Å². The number of sulfonamides is 1. The molecule has 0 unspecified atom stereocenters. The van der Waals surface area contributed by atoms with Gasteiger partial charge in [-0.2, -0.15) is 4.31 Å². The van der Waals surface area contributed by atoms with Crippen molar-refractivity contribution in [3.05, 3.63) is 34.7 Å². The van der Waals surface area contributed by atoms with E-state index >= 15 is 0 Å². The molecule has 1 aromatic carbocycles. The molecule has 0 radical (unpaired) electrons. The molecule has 1 aliphatic rings. The lowest BCUT2D eigenvalue weighted by Crippen LogP contribution is -2.35. The summed E-state index contributed by atoms with van der Waals surface area (Å²) in [6.07, 6.45) is 3.03. The van der Waals surface area contributed by atoms with Crippen LogP contribution < -0.4 is 0 Å². The first kappa shape index (κ1) is 14.7. The Morgan fingerprint density at radius 3 is 2.33 bits per heavy atom. The fraction of sp³-hybridized carbons (Fsp3) is 0.400. The van der Waals surface area contributed by atoms with Crippen LogP contribution >= 0.6 is 11.3 Å². The van der Waals surface area contributed by atoms with Crippen molar-refractivity contribution in [1.82, 2.24) is 9.29 Å². The normalized spacial score (nSPS) is 17.0. The fourth-order valence-electron chi connectivity index (χ4n) is 2.55.